The summed E-state index contributed by atoms with van der Waals surface area (Å²) in [6.45, 7) is 11.6. The van der Waals surface area contributed by atoms with E-state index in [1.165, 1.54) is 11.1 Å². The molecule has 2 amide bonds. The standard InChI is InChI=1S/C19H28ClN3O/c1-5-16-10-17(12-21-14(3)11-20)18(9-13(16)2)22-19(24)23-8-6-7-15(23)4/h9-10,15,21H,3,5-8,11-12H2,1-2,4H3,(H,22,24). The molecule has 1 saturated heterocycles. The Balaban J connectivity index is 2.20. The summed E-state index contributed by atoms with van der Waals surface area (Å²) >= 11 is 5.79. The molecule has 0 aromatic heterocycles. The summed E-state index contributed by atoms with van der Waals surface area (Å²) in [6.07, 6.45) is 3.12. The summed E-state index contributed by atoms with van der Waals surface area (Å²) < 4.78 is 0. The normalized spacial score (nSPS) is 17.0. The molecule has 0 saturated carbocycles. The molecule has 1 aromatic rings. The van der Waals surface area contributed by atoms with Crippen molar-refractivity contribution >= 4 is 23.3 Å². The number of amides is 2. The van der Waals surface area contributed by atoms with E-state index in [1.54, 1.807) is 0 Å². The van der Waals surface area contributed by atoms with E-state index >= 15 is 0 Å². The highest BCUT2D eigenvalue weighted by molar-refractivity contribution is 6.19. The van der Waals surface area contributed by atoms with Gasteiger partial charge in [0, 0.05) is 30.5 Å². The van der Waals surface area contributed by atoms with Crippen LogP contribution in [0.2, 0.25) is 0 Å². The van der Waals surface area contributed by atoms with Crippen LogP contribution < -0.4 is 10.6 Å². The van der Waals surface area contributed by atoms with Crippen molar-refractivity contribution < 1.29 is 4.79 Å². The second-order valence-electron chi connectivity index (χ2n) is 6.49. The van der Waals surface area contributed by atoms with Crippen LogP contribution in [-0.2, 0) is 13.0 Å². The van der Waals surface area contributed by atoms with E-state index in [4.69, 9.17) is 11.6 Å². The van der Waals surface area contributed by atoms with E-state index in [9.17, 15) is 4.79 Å². The fourth-order valence-corrected chi connectivity index (χ4v) is 3.23. The maximum atomic E-state index is 12.6. The number of nitrogens with one attached hydrogen (secondary N) is 2. The zero-order chi connectivity index (χ0) is 17.7. The smallest absolute Gasteiger partial charge is 0.322 e. The predicted octanol–water partition coefficient (Wildman–Crippen LogP) is 4.42. The van der Waals surface area contributed by atoms with Crippen molar-refractivity contribution in [3.05, 3.63) is 41.1 Å². The van der Waals surface area contributed by atoms with Gasteiger partial charge in [-0.15, -0.1) is 11.6 Å². The van der Waals surface area contributed by atoms with E-state index in [2.05, 4.69) is 50.1 Å². The van der Waals surface area contributed by atoms with Crippen LogP contribution in [-0.4, -0.2) is 29.4 Å². The molecule has 5 heteroatoms. The number of nitrogens with zero attached hydrogens (tertiary/aromatic N) is 1. The molecule has 2 N–H and O–H groups in total. The van der Waals surface area contributed by atoms with Gasteiger partial charge in [0.1, 0.15) is 0 Å². The first-order valence-electron chi connectivity index (χ1n) is 8.63. The molecule has 4 nitrogen and oxygen atoms in total. The number of likely N-dealkylation sites (tertiary alicyclic amines) is 1. The first-order chi connectivity index (χ1) is 11.5. The van der Waals surface area contributed by atoms with Gasteiger partial charge in [-0.25, -0.2) is 4.79 Å². The van der Waals surface area contributed by atoms with E-state index in [0.717, 1.165) is 42.8 Å². The third-order valence-corrected chi connectivity index (χ3v) is 5.01. The summed E-state index contributed by atoms with van der Waals surface area (Å²) in [6, 6.07) is 4.52. The van der Waals surface area contributed by atoms with E-state index in [0.29, 0.717) is 18.5 Å². The average molecular weight is 350 g/mol. The molecular formula is C19H28ClN3O. The molecule has 1 aliphatic rings. The minimum absolute atomic E-state index is 0.0129. The maximum absolute atomic E-state index is 12.6. The molecule has 0 aliphatic carbocycles. The number of carbonyl (C=O) groups excluding carboxylic acids is 1. The van der Waals surface area contributed by atoms with Gasteiger partial charge < -0.3 is 15.5 Å². The fourth-order valence-electron chi connectivity index (χ4n) is 3.14. The summed E-state index contributed by atoms with van der Waals surface area (Å²) in [5, 5.41) is 6.32. The Bertz CT molecular complexity index is 615. The van der Waals surface area contributed by atoms with Gasteiger partial charge in [-0.3, -0.25) is 0 Å². The molecule has 1 fully saturated rings. The van der Waals surface area contributed by atoms with Gasteiger partial charge in [-0.05, 0) is 55.9 Å². The van der Waals surface area contributed by atoms with Gasteiger partial charge in [0.25, 0.3) is 0 Å². The van der Waals surface area contributed by atoms with E-state index in [-0.39, 0.29) is 6.03 Å². The number of rotatable bonds is 6. The lowest BCUT2D eigenvalue weighted by Crippen LogP contribution is -2.37. The fraction of sp³-hybridized carbons (Fsp3) is 0.526. The van der Waals surface area contributed by atoms with E-state index < -0.39 is 0 Å². The summed E-state index contributed by atoms with van der Waals surface area (Å²) in [4.78, 5) is 14.5. The lowest BCUT2D eigenvalue weighted by Gasteiger charge is -2.23. The van der Waals surface area contributed by atoms with Gasteiger partial charge in [0.05, 0.1) is 5.88 Å². The quantitative estimate of drug-likeness (QED) is 0.747. The van der Waals surface area contributed by atoms with Crippen LogP contribution in [0.5, 0.6) is 0 Å². The molecule has 0 spiro atoms. The van der Waals surface area contributed by atoms with Crippen molar-refractivity contribution in [1.82, 2.24) is 10.2 Å². The number of allylic oxidation sites excluding steroid dienone is 1. The van der Waals surface area contributed by atoms with Crippen LogP contribution in [0, 0.1) is 6.92 Å². The summed E-state index contributed by atoms with van der Waals surface area (Å²) in [7, 11) is 0. The molecule has 0 radical (unpaired) electrons. The molecule has 1 atom stereocenters. The molecule has 0 bridgehead atoms. The Kier molecular flexibility index (Phi) is 6.55. The molecule has 1 unspecified atom stereocenters. The highest BCUT2D eigenvalue weighted by Crippen LogP contribution is 2.24. The van der Waals surface area contributed by atoms with Crippen molar-refractivity contribution in [3.8, 4) is 0 Å². The first kappa shape index (κ1) is 18.7. The highest BCUT2D eigenvalue weighted by atomic mass is 35.5. The van der Waals surface area contributed by atoms with Crippen LogP contribution in [0.3, 0.4) is 0 Å². The second kappa shape index (κ2) is 8.43. The van der Waals surface area contributed by atoms with E-state index in [1.807, 2.05) is 4.90 Å². The number of carbonyl (C=O) groups is 1. The SMILES string of the molecule is C=C(CCl)NCc1cc(CC)c(C)cc1NC(=O)N1CCCC1C. The molecule has 24 heavy (non-hydrogen) atoms. The topological polar surface area (TPSA) is 44.4 Å². The Hall–Kier alpha value is -1.68. The first-order valence-corrected chi connectivity index (χ1v) is 9.17. The molecular weight excluding hydrogens is 322 g/mol. The van der Waals surface area contributed by atoms with Crippen LogP contribution >= 0.6 is 11.6 Å². The number of hydrogen-bond donors (Lipinski definition) is 2. The van der Waals surface area contributed by atoms with Gasteiger partial charge in [-0.1, -0.05) is 19.6 Å². The van der Waals surface area contributed by atoms with Crippen molar-refractivity contribution in [2.75, 3.05) is 17.7 Å². The van der Waals surface area contributed by atoms with Crippen LogP contribution in [0.4, 0.5) is 10.5 Å². The number of anilines is 1. The van der Waals surface area contributed by atoms with Crippen LogP contribution in [0.15, 0.2) is 24.4 Å². The lowest BCUT2D eigenvalue weighted by molar-refractivity contribution is 0.210. The molecule has 1 aliphatic heterocycles. The maximum Gasteiger partial charge on any atom is 0.322 e. The second-order valence-corrected chi connectivity index (χ2v) is 6.76. The largest absolute Gasteiger partial charge is 0.384 e. The lowest BCUT2D eigenvalue weighted by atomic mass is 10.0. The molecule has 2 rings (SSSR count). The predicted molar refractivity (Wildman–Crippen MR) is 102 cm³/mol. The minimum Gasteiger partial charge on any atom is -0.384 e. The molecule has 1 heterocycles. The molecule has 132 valence electrons. The third kappa shape index (κ3) is 4.44. The Morgan fingerprint density at radius 3 is 2.75 bits per heavy atom. The number of halogens is 1. The van der Waals surface area contributed by atoms with Gasteiger partial charge in [0.2, 0.25) is 0 Å². The van der Waals surface area contributed by atoms with Crippen molar-refractivity contribution in [1.29, 1.82) is 0 Å². The van der Waals surface area contributed by atoms with Crippen LogP contribution in [0.25, 0.3) is 0 Å². The number of benzene rings is 1. The van der Waals surface area contributed by atoms with Crippen molar-refractivity contribution in [3.63, 3.8) is 0 Å². The number of alkyl halides is 1. The van der Waals surface area contributed by atoms with Gasteiger partial charge in [0.15, 0.2) is 0 Å². The Morgan fingerprint density at radius 1 is 1.42 bits per heavy atom. The number of hydrogen-bond acceptors (Lipinski definition) is 2. The minimum atomic E-state index is -0.0129. The summed E-state index contributed by atoms with van der Waals surface area (Å²) in [5.41, 5.74) is 5.19. The Morgan fingerprint density at radius 2 is 2.17 bits per heavy atom. The monoisotopic (exact) mass is 349 g/mol. The van der Waals surface area contributed by atoms with Crippen LogP contribution in [0.1, 0.15) is 43.4 Å². The number of aryl methyl sites for hydroxylation is 2. The third-order valence-electron chi connectivity index (χ3n) is 4.69. The van der Waals surface area contributed by atoms with Gasteiger partial charge in [-0.2, -0.15) is 0 Å². The average Bonchev–Trinajstić information content (AvgIpc) is 2.99. The zero-order valence-corrected chi connectivity index (χ0v) is 15.7. The Labute approximate surface area is 150 Å². The summed E-state index contributed by atoms with van der Waals surface area (Å²) in [5.74, 6) is 0.374. The van der Waals surface area contributed by atoms with Crippen molar-refractivity contribution in [2.45, 2.75) is 52.6 Å². The van der Waals surface area contributed by atoms with Gasteiger partial charge >= 0.3 is 6.03 Å². The zero-order valence-electron chi connectivity index (χ0n) is 14.9. The highest BCUT2D eigenvalue weighted by Gasteiger charge is 2.25. The molecule has 1 aromatic carbocycles. The number of urea groups is 1. The van der Waals surface area contributed by atoms with Crippen molar-refractivity contribution in [2.24, 2.45) is 0 Å².